The summed E-state index contributed by atoms with van der Waals surface area (Å²) in [6.45, 7) is 6.19. The molecule has 0 saturated heterocycles. The second-order valence-electron chi connectivity index (χ2n) is 2.06. The summed E-state index contributed by atoms with van der Waals surface area (Å²) in [5.41, 5.74) is 0. The van der Waals surface area contributed by atoms with Crippen LogP contribution in [0.15, 0.2) is 22.6 Å². The molecule has 0 saturated carbocycles. The van der Waals surface area contributed by atoms with E-state index in [1.807, 2.05) is 6.92 Å². The summed E-state index contributed by atoms with van der Waals surface area (Å²) < 4.78 is 0. The fourth-order valence-corrected chi connectivity index (χ4v) is 0.473. The van der Waals surface area contributed by atoms with Gasteiger partial charge in [-0.3, -0.25) is 0 Å². The molecule has 13 heavy (non-hydrogen) atoms. The number of nitrogens with zero attached hydrogens (tertiary/aromatic N) is 2. The van der Waals surface area contributed by atoms with Gasteiger partial charge in [0.15, 0.2) is 0 Å². The van der Waals surface area contributed by atoms with Crippen LogP contribution in [0.25, 0.3) is 0 Å². The van der Waals surface area contributed by atoms with Gasteiger partial charge in [-0.25, -0.2) is 19.6 Å². The lowest BCUT2D eigenvalue weighted by Crippen LogP contribution is -1.84. The second kappa shape index (κ2) is 16.8. The highest BCUT2D eigenvalue weighted by molar-refractivity contribution is 5.33. The minimum absolute atomic E-state index is 0.470. The molecule has 0 bridgehead atoms. The number of unbranched alkanes of at least 4 members (excludes halogenated alkanes) is 1. The lowest BCUT2D eigenvalue weighted by molar-refractivity contribution is 0.559. The van der Waals surface area contributed by atoms with Crippen LogP contribution in [0.3, 0.4) is 0 Å². The van der Waals surface area contributed by atoms with Gasteiger partial charge in [0.1, 0.15) is 0 Å². The summed E-state index contributed by atoms with van der Waals surface area (Å²) in [6.07, 6.45) is 6.13. The Morgan fingerprint density at radius 1 is 1.15 bits per heavy atom. The van der Waals surface area contributed by atoms with E-state index in [9.17, 15) is 9.59 Å². The van der Waals surface area contributed by atoms with Crippen molar-refractivity contribution in [1.29, 1.82) is 0 Å². The van der Waals surface area contributed by atoms with Gasteiger partial charge in [0, 0.05) is 0 Å². The lowest BCUT2D eigenvalue weighted by atomic mass is 10.3. The van der Waals surface area contributed by atoms with Crippen LogP contribution in [0, 0.1) is 0 Å². The predicted octanol–water partition coefficient (Wildman–Crippen LogP) is 1.63. The van der Waals surface area contributed by atoms with Crippen LogP contribution in [-0.2, 0) is 9.59 Å². The van der Waals surface area contributed by atoms with Crippen molar-refractivity contribution in [1.82, 2.24) is 0 Å². The van der Waals surface area contributed by atoms with E-state index >= 15 is 0 Å². The van der Waals surface area contributed by atoms with Crippen molar-refractivity contribution >= 4 is 12.2 Å². The molecule has 0 amide bonds. The van der Waals surface area contributed by atoms with Gasteiger partial charge < -0.3 is 0 Å². The van der Waals surface area contributed by atoms with Gasteiger partial charge in [-0.1, -0.05) is 6.08 Å². The molecule has 72 valence electrons. The van der Waals surface area contributed by atoms with Crippen LogP contribution >= 0.6 is 0 Å². The highest BCUT2D eigenvalue weighted by Gasteiger charge is 1.83. The minimum Gasteiger partial charge on any atom is -0.211 e. The number of rotatable bonds is 5. The Morgan fingerprint density at radius 3 is 1.69 bits per heavy atom. The average molecular weight is 182 g/mol. The quantitative estimate of drug-likeness (QED) is 0.281. The standard InChI is InChI=1S/C6H8N2O2.C3H6/c9-5-7-3-1-2-4-8-6-10;1-3-2/h1-4H2;3H,1H2,2H3. The van der Waals surface area contributed by atoms with Crippen molar-refractivity contribution in [2.75, 3.05) is 13.1 Å². The molecule has 0 spiro atoms. The average Bonchev–Trinajstić information content (AvgIpc) is 2.13. The van der Waals surface area contributed by atoms with E-state index in [0.29, 0.717) is 13.1 Å². The normalized spacial score (nSPS) is 6.85. The summed E-state index contributed by atoms with van der Waals surface area (Å²) in [5.74, 6) is 0. The van der Waals surface area contributed by atoms with Gasteiger partial charge in [0.2, 0.25) is 12.2 Å². The fraction of sp³-hybridized carbons (Fsp3) is 0.556. The summed E-state index contributed by atoms with van der Waals surface area (Å²) in [5, 5.41) is 0. The molecule has 0 aliphatic rings. The molecule has 0 aliphatic carbocycles. The zero-order valence-corrected chi connectivity index (χ0v) is 7.82. The van der Waals surface area contributed by atoms with Crippen LogP contribution < -0.4 is 0 Å². The van der Waals surface area contributed by atoms with E-state index in [1.54, 1.807) is 6.08 Å². The molecule has 0 aromatic heterocycles. The third-order valence-corrected chi connectivity index (χ3v) is 0.919. The largest absolute Gasteiger partial charge is 0.234 e. The number of allylic oxidation sites excluding steroid dienone is 1. The maximum absolute atomic E-state index is 9.52. The Hall–Kier alpha value is -1.50. The van der Waals surface area contributed by atoms with Gasteiger partial charge >= 0.3 is 0 Å². The third kappa shape index (κ3) is 25.1. The Labute approximate surface area is 78.1 Å². The van der Waals surface area contributed by atoms with Gasteiger partial charge in [-0.05, 0) is 19.8 Å². The highest BCUT2D eigenvalue weighted by Crippen LogP contribution is 1.88. The molecule has 0 aromatic carbocycles. The van der Waals surface area contributed by atoms with Crippen LogP contribution in [0.4, 0.5) is 0 Å². The summed E-state index contributed by atoms with van der Waals surface area (Å²) in [4.78, 5) is 25.7. The van der Waals surface area contributed by atoms with Crippen molar-refractivity contribution in [3.8, 4) is 0 Å². The zero-order chi connectivity index (χ0) is 10.4. The van der Waals surface area contributed by atoms with Crippen molar-refractivity contribution in [3.05, 3.63) is 12.7 Å². The van der Waals surface area contributed by atoms with Gasteiger partial charge in [0.25, 0.3) is 0 Å². The number of hydrogen-bond acceptors (Lipinski definition) is 4. The molecule has 0 radical (unpaired) electrons. The molecule has 0 aromatic rings. The van der Waals surface area contributed by atoms with E-state index in [0.717, 1.165) is 12.8 Å². The molecule has 4 nitrogen and oxygen atoms in total. The molecule has 0 atom stereocenters. The van der Waals surface area contributed by atoms with E-state index in [-0.39, 0.29) is 0 Å². The van der Waals surface area contributed by atoms with Crippen LogP contribution in [0.1, 0.15) is 19.8 Å². The first-order valence-corrected chi connectivity index (χ1v) is 3.97. The first-order valence-electron chi connectivity index (χ1n) is 3.97. The number of carbonyl (C=O) groups excluding carboxylic acids is 2. The van der Waals surface area contributed by atoms with Gasteiger partial charge in [0.05, 0.1) is 13.1 Å². The molecule has 0 N–H and O–H groups in total. The van der Waals surface area contributed by atoms with Crippen molar-refractivity contribution in [3.63, 3.8) is 0 Å². The van der Waals surface area contributed by atoms with E-state index in [2.05, 4.69) is 16.6 Å². The Kier molecular flexibility index (Phi) is 18.2. The SMILES string of the molecule is C=CC.O=C=NCCCCN=C=O. The monoisotopic (exact) mass is 182 g/mol. The molecule has 0 rings (SSSR count). The maximum atomic E-state index is 9.52. The van der Waals surface area contributed by atoms with E-state index in [4.69, 9.17) is 0 Å². The summed E-state index contributed by atoms with van der Waals surface area (Å²) in [7, 11) is 0. The third-order valence-electron chi connectivity index (χ3n) is 0.919. The van der Waals surface area contributed by atoms with Crippen molar-refractivity contribution in [2.45, 2.75) is 19.8 Å². The summed E-state index contributed by atoms with van der Waals surface area (Å²) >= 11 is 0. The first kappa shape index (κ1) is 14.0. The van der Waals surface area contributed by atoms with Crippen LogP contribution in [0.2, 0.25) is 0 Å². The van der Waals surface area contributed by atoms with Crippen molar-refractivity contribution < 1.29 is 9.59 Å². The number of isocyanates is 2. The molecular weight excluding hydrogens is 168 g/mol. The predicted molar refractivity (Wildman–Crippen MR) is 51.1 cm³/mol. The molecule has 0 fully saturated rings. The maximum Gasteiger partial charge on any atom is 0.234 e. The van der Waals surface area contributed by atoms with E-state index < -0.39 is 0 Å². The second-order valence-corrected chi connectivity index (χ2v) is 2.06. The smallest absolute Gasteiger partial charge is 0.211 e. The topological polar surface area (TPSA) is 58.9 Å². The minimum atomic E-state index is 0.470. The number of aliphatic imine (C=N–C) groups is 2. The molecule has 0 heterocycles. The van der Waals surface area contributed by atoms with Gasteiger partial charge in [-0.15, -0.1) is 6.58 Å². The van der Waals surface area contributed by atoms with Gasteiger partial charge in [-0.2, -0.15) is 0 Å². The number of hydrogen-bond donors (Lipinski definition) is 0. The highest BCUT2D eigenvalue weighted by atomic mass is 16.1. The zero-order valence-electron chi connectivity index (χ0n) is 7.82. The summed E-state index contributed by atoms with van der Waals surface area (Å²) in [6, 6.07) is 0. The van der Waals surface area contributed by atoms with Crippen molar-refractivity contribution in [2.24, 2.45) is 9.98 Å². The van der Waals surface area contributed by atoms with E-state index in [1.165, 1.54) is 12.2 Å². The molecular formula is C9H14N2O2. The molecule has 4 heteroatoms. The first-order chi connectivity index (χ1) is 6.33. The molecule has 0 aliphatic heterocycles. The van der Waals surface area contributed by atoms with Crippen LogP contribution in [0.5, 0.6) is 0 Å². The molecule has 0 unspecified atom stereocenters. The fourth-order valence-electron chi connectivity index (χ4n) is 0.473. The Morgan fingerprint density at radius 2 is 1.46 bits per heavy atom. The lowest BCUT2D eigenvalue weighted by Gasteiger charge is -1.87. The Bertz CT molecular complexity index is 182. The Balaban J connectivity index is 0. The van der Waals surface area contributed by atoms with Crippen LogP contribution in [-0.4, -0.2) is 25.2 Å².